The largest absolute Gasteiger partial charge is 0.444 e. The van der Waals surface area contributed by atoms with Crippen LogP contribution in [0.15, 0.2) is 55.2 Å². The molecule has 5 rings (SSSR count). The molecule has 1 N–H and O–H groups in total. The van der Waals surface area contributed by atoms with Crippen LogP contribution in [0.1, 0.15) is 55.6 Å². The molecule has 40 heavy (non-hydrogen) atoms. The van der Waals surface area contributed by atoms with E-state index in [2.05, 4.69) is 27.3 Å². The van der Waals surface area contributed by atoms with Crippen LogP contribution in [0.25, 0.3) is 0 Å². The molecular formula is C30H37ClN6O3. The number of nitrogens with one attached hydrogen (secondary N) is 1. The van der Waals surface area contributed by atoms with E-state index in [4.69, 9.17) is 21.3 Å². The van der Waals surface area contributed by atoms with E-state index in [1.54, 1.807) is 17.4 Å². The molecule has 1 aliphatic carbocycles. The summed E-state index contributed by atoms with van der Waals surface area (Å²) in [4.78, 5) is 39.7. The quantitative estimate of drug-likeness (QED) is 0.450. The topological polar surface area (TPSA) is 92.6 Å². The number of halogens is 1. The smallest absolute Gasteiger partial charge is 0.410 e. The van der Waals surface area contributed by atoms with Gasteiger partial charge >= 0.3 is 6.09 Å². The summed E-state index contributed by atoms with van der Waals surface area (Å²) in [5.74, 6) is -0.115. The average molecular weight is 565 g/mol. The fraction of sp³-hybridized carbons (Fsp3) is 0.467. The minimum absolute atomic E-state index is 0.115. The van der Waals surface area contributed by atoms with Crippen LogP contribution in [0, 0.1) is 0 Å². The molecule has 2 aliphatic rings. The van der Waals surface area contributed by atoms with E-state index >= 15 is 0 Å². The third kappa shape index (κ3) is 6.47. The van der Waals surface area contributed by atoms with E-state index in [0.29, 0.717) is 24.7 Å². The molecule has 1 aromatic carbocycles. The lowest BCUT2D eigenvalue weighted by atomic mass is 9.94. The highest BCUT2D eigenvalue weighted by molar-refractivity contribution is 6.30. The molecular weight excluding hydrogens is 528 g/mol. The number of fused-ring (bicyclic) bond motifs is 2. The second-order valence-electron chi connectivity index (χ2n) is 11.4. The van der Waals surface area contributed by atoms with Crippen molar-refractivity contribution in [3.05, 3.63) is 82.7 Å². The van der Waals surface area contributed by atoms with Crippen molar-refractivity contribution in [2.75, 3.05) is 26.2 Å². The number of piperazine rings is 1. The third-order valence-electron chi connectivity index (χ3n) is 7.41. The summed E-state index contributed by atoms with van der Waals surface area (Å²) in [5, 5.41) is 3.82. The Morgan fingerprint density at radius 2 is 1.95 bits per heavy atom. The number of aromatic nitrogens is 3. The van der Waals surface area contributed by atoms with Crippen molar-refractivity contribution in [3.8, 4) is 0 Å². The highest BCUT2D eigenvalue weighted by Crippen LogP contribution is 2.38. The first-order valence-corrected chi connectivity index (χ1v) is 14.3. The molecule has 2 atom stereocenters. The SMILES string of the molecule is CC(C)(C)OC(=O)N1CCN(C2c3ccc(Cl)cc3CCc3cccnc32)[C@@H](C(=O)NCCCn2ccnc2)C1. The molecule has 1 saturated heterocycles. The van der Waals surface area contributed by atoms with E-state index in [1.165, 1.54) is 0 Å². The fourth-order valence-corrected chi connectivity index (χ4v) is 5.75. The van der Waals surface area contributed by atoms with Crippen LogP contribution in [-0.2, 0) is 28.9 Å². The van der Waals surface area contributed by atoms with E-state index in [1.807, 2.05) is 55.9 Å². The van der Waals surface area contributed by atoms with Gasteiger partial charge in [-0.1, -0.05) is 23.7 Å². The zero-order valence-corrected chi connectivity index (χ0v) is 24.1. The summed E-state index contributed by atoms with van der Waals surface area (Å²) < 4.78 is 7.66. The number of amides is 2. The molecule has 1 unspecified atom stereocenters. The van der Waals surface area contributed by atoms with Crippen LogP contribution in [0.3, 0.4) is 0 Å². The zero-order chi connectivity index (χ0) is 28.3. The molecule has 3 heterocycles. The van der Waals surface area contributed by atoms with Gasteiger partial charge in [-0.15, -0.1) is 0 Å². The lowest BCUT2D eigenvalue weighted by Gasteiger charge is -2.44. The number of nitrogens with zero attached hydrogens (tertiary/aromatic N) is 5. The summed E-state index contributed by atoms with van der Waals surface area (Å²) in [6.07, 6.45) is 9.27. The van der Waals surface area contributed by atoms with Crippen LogP contribution in [0.5, 0.6) is 0 Å². The Labute approximate surface area is 240 Å². The number of carbonyl (C=O) groups excluding carboxylic acids is 2. The predicted octanol–water partition coefficient (Wildman–Crippen LogP) is 4.25. The second kappa shape index (κ2) is 12.0. The number of aryl methyl sites for hydroxylation is 3. The van der Waals surface area contributed by atoms with Gasteiger partial charge in [-0.3, -0.25) is 14.7 Å². The van der Waals surface area contributed by atoms with E-state index < -0.39 is 17.7 Å². The number of hydrogen-bond donors (Lipinski definition) is 1. The Kier molecular flexibility index (Phi) is 8.42. The maximum atomic E-state index is 13.8. The minimum atomic E-state index is -0.623. The van der Waals surface area contributed by atoms with Crippen molar-refractivity contribution >= 4 is 23.6 Å². The Hall–Kier alpha value is -3.43. The number of hydrogen-bond acceptors (Lipinski definition) is 6. The number of ether oxygens (including phenoxy) is 1. The standard InChI is InChI=1S/C30H37ClN6O3/c1-30(2,3)40-29(39)36-16-17-37(25(19-36)28(38)34-12-5-14-35-15-13-32-20-35)27-24-10-9-23(31)18-22(24)8-7-21-6-4-11-33-26(21)27/h4,6,9-11,13,15,18,20,25,27H,5,7-8,12,14,16-17,19H2,1-3H3,(H,34,38)/t25-,27?/m1/s1. The monoisotopic (exact) mass is 564 g/mol. The van der Waals surface area contributed by atoms with Crippen molar-refractivity contribution in [1.82, 2.24) is 29.7 Å². The molecule has 1 fully saturated rings. The Morgan fingerprint density at radius 1 is 1.12 bits per heavy atom. The van der Waals surface area contributed by atoms with Crippen molar-refractivity contribution < 1.29 is 14.3 Å². The molecule has 212 valence electrons. The van der Waals surface area contributed by atoms with Gasteiger partial charge in [0.1, 0.15) is 11.6 Å². The maximum absolute atomic E-state index is 13.8. The lowest BCUT2D eigenvalue weighted by Crippen LogP contribution is -2.61. The summed E-state index contributed by atoms with van der Waals surface area (Å²) in [6, 6.07) is 9.24. The van der Waals surface area contributed by atoms with Gasteiger partial charge in [-0.2, -0.15) is 0 Å². The highest BCUT2D eigenvalue weighted by Gasteiger charge is 2.42. The van der Waals surface area contributed by atoms with Gasteiger partial charge in [0.05, 0.1) is 18.1 Å². The summed E-state index contributed by atoms with van der Waals surface area (Å²) in [7, 11) is 0. The molecule has 10 heteroatoms. The molecule has 3 aromatic rings. The van der Waals surface area contributed by atoms with E-state index in [9.17, 15) is 9.59 Å². The van der Waals surface area contributed by atoms with Gasteiger partial charge in [0.25, 0.3) is 0 Å². The summed E-state index contributed by atoms with van der Waals surface area (Å²) in [6.45, 7) is 7.98. The number of imidazole rings is 1. The van der Waals surface area contributed by atoms with E-state index in [0.717, 1.165) is 48.2 Å². The molecule has 2 amide bonds. The number of rotatable bonds is 6. The average Bonchev–Trinajstić information content (AvgIpc) is 3.38. The Balaban J connectivity index is 1.44. The predicted molar refractivity (Wildman–Crippen MR) is 153 cm³/mol. The van der Waals surface area contributed by atoms with Crippen molar-refractivity contribution in [3.63, 3.8) is 0 Å². The highest BCUT2D eigenvalue weighted by atomic mass is 35.5. The summed E-state index contributed by atoms with van der Waals surface area (Å²) in [5.41, 5.74) is 3.75. The first-order chi connectivity index (χ1) is 19.2. The van der Waals surface area contributed by atoms with Gasteiger partial charge in [0.15, 0.2) is 0 Å². The normalized spacial score (nSPS) is 19.4. The zero-order valence-electron chi connectivity index (χ0n) is 23.3. The summed E-state index contributed by atoms with van der Waals surface area (Å²) >= 11 is 6.41. The van der Waals surface area contributed by atoms with Gasteiger partial charge < -0.3 is 19.5 Å². The van der Waals surface area contributed by atoms with Crippen LogP contribution in [0.2, 0.25) is 5.02 Å². The number of pyridine rings is 1. The van der Waals surface area contributed by atoms with Gasteiger partial charge in [0, 0.05) is 56.3 Å². The van der Waals surface area contributed by atoms with Crippen LogP contribution >= 0.6 is 11.6 Å². The first kappa shape index (κ1) is 28.1. The van der Waals surface area contributed by atoms with Gasteiger partial charge in [0.2, 0.25) is 5.91 Å². The van der Waals surface area contributed by atoms with Crippen molar-refractivity contribution in [2.24, 2.45) is 0 Å². The van der Waals surface area contributed by atoms with Crippen LogP contribution < -0.4 is 5.32 Å². The molecule has 0 radical (unpaired) electrons. The van der Waals surface area contributed by atoms with E-state index in [-0.39, 0.29) is 18.5 Å². The van der Waals surface area contributed by atoms with Gasteiger partial charge in [-0.05, 0) is 74.9 Å². The number of benzene rings is 1. The molecule has 0 saturated carbocycles. The first-order valence-electron chi connectivity index (χ1n) is 13.9. The minimum Gasteiger partial charge on any atom is -0.444 e. The molecule has 9 nitrogen and oxygen atoms in total. The Morgan fingerprint density at radius 3 is 2.73 bits per heavy atom. The Bertz CT molecular complexity index is 1340. The van der Waals surface area contributed by atoms with Crippen molar-refractivity contribution in [1.29, 1.82) is 0 Å². The lowest BCUT2D eigenvalue weighted by molar-refractivity contribution is -0.129. The van der Waals surface area contributed by atoms with Crippen LogP contribution in [-0.4, -0.2) is 74.2 Å². The second-order valence-corrected chi connectivity index (χ2v) is 11.9. The molecule has 0 spiro atoms. The third-order valence-corrected chi connectivity index (χ3v) is 7.64. The molecule has 1 aliphatic heterocycles. The fourth-order valence-electron chi connectivity index (χ4n) is 5.56. The maximum Gasteiger partial charge on any atom is 0.410 e. The molecule has 0 bridgehead atoms. The van der Waals surface area contributed by atoms with Crippen LogP contribution in [0.4, 0.5) is 4.79 Å². The molecule has 2 aromatic heterocycles. The van der Waals surface area contributed by atoms with Gasteiger partial charge in [-0.25, -0.2) is 9.78 Å². The van der Waals surface area contributed by atoms with Crippen molar-refractivity contribution in [2.45, 2.75) is 64.3 Å². The number of carbonyl (C=O) groups is 2.